The summed E-state index contributed by atoms with van der Waals surface area (Å²) in [5.41, 5.74) is 0.201. The normalized spacial score (nSPS) is 19.5. The highest BCUT2D eigenvalue weighted by Gasteiger charge is 2.43. The van der Waals surface area contributed by atoms with Crippen LogP contribution in [0.1, 0.15) is 58.4 Å². The van der Waals surface area contributed by atoms with Crippen molar-refractivity contribution in [1.82, 2.24) is 15.2 Å². The zero-order valence-corrected chi connectivity index (χ0v) is 18.4. The van der Waals surface area contributed by atoms with E-state index >= 15 is 0 Å². The molecule has 0 aromatic carbocycles. The largest absolute Gasteiger partial charge is 0.444 e. The Hall–Kier alpha value is -2.32. The standard InChI is InChI=1S/C22H32F3N3O3/c1-21(2,3)31-20(30)28(15-16-7-5-10-26-14-16)12-6-11-27-19(29)17-8-4-9-18(13-17)22(23,24)25/h5,7,10,14,17-18H,4,6,8-9,11-13,15H2,1-3H3,(H,27,29). The molecular weight excluding hydrogens is 411 g/mol. The highest BCUT2D eigenvalue weighted by atomic mass is 19.4. The molecule has 0 bridgehead atoms. The zero-order chi connectivity index (χ0) is 23.1. The van der Waals surface area contributed by atoms with E-state index in [1.54, 1.807) is 39.2 Å². The van der Waals surface area contributed by atoms with E-state index in [2.05, 4.69) is 10.3 Å². The Morgan fingerprint density at radius 3 is 2.61 bits per heavy atom. The van der Waals surface area contributed by atoms with Crippen molar-refractivity contribution in [1.29, 1.82) is 0 Å². The van der Waals surface area contributed by atoms with Crippen molar-refractivity contribution in [2.24, 2.45) is 11.8 Å². The van der Waals surface area contributed by atoms with E-state index < -0.39 is 29.7 Å². The number of nitrogens with zero attached hydrogens (tertiary/aromatic N) is 2. The molecule has 0 aliphatic heterocycles. The average Bonchev–Trinajstić information content (AvgIpc) is 2.69. The van der Waals surface area contributed by atoms with E-state index in [1.165, 1.54) is 4.90 Å². The summed E-state index contributed by atoms with van der Waals surface area (Å²) in [5, 5.41) is 2.73. The molecule has 1 aliphatic carbocycles. The number of nitrogens with one attached hydrogen (secondary N) is 1. The van der Waals surface area contributed by atoms with Gasteiger partial charge >= 0.3 is 12.3 Å². The van der Waals surface area contributed by atoms with Crippen LogP contribution in [0.3, 0.4) is 0 Å². The fourth-order valence-corrected chi connectivity index (χ4v) is 3.62. The molecule has 0 saturated heterocycles. The number of carbonyl (C=O) groups is 2. The van der Waals surface area contributed by atoms with Gasteiger partial charge in [-0.05, 0) is 58.1 Å². The summed E-state index contributed by atoms with van der Waals surface area (Å²) in [7, 11) is 0. The van der Waals surface area contributed by atoms with Gasteiger partial charge in [0.05, 0.1) is 12.5 Å². The number of amides is 2. The summed E-state index contributed by atoms with van der Waals surface area (Å²) in [6.07, 6.45) is -0.135. The van der Waals surface area contributed by atoms with Crippen LogP contribution in [-0.4, -0.2) is 46.8 Å². The lowest BCUT2D eigenvalue weighted by atomic mass is 9.80. The van der Waals surface area contributed by atoms with Crippen molar-refractivity contribution >= 4 is 12.0 Å². The molecule has 1 aromatic rings. The zero-order valence-electron chi connectivity index (χ0n) is 18.4. The third-order valence-electron chi connectivity index (χ3n) is 5.16. The van der Waals surface area contributed by atoms with Crippen molar-refractivity contribution in [3.05, 3.63) is 30.1 Å². The van der Waals surface area contributed by atoms with Crippen LogP contribution in [0.5, 0.6) is 0 Å². The maximum absolute atomic E-state index is 13.0. The van der Waals surface area contributed by atoms with E-state index in [-0.39, 0.29) is 25.3 Å². The van der Waals surface area contributed by atoms with Crippen LogP contribution < -0.4 is 5.32 Å². The van der Waals surface area contributed by atoms with Crippen LogP contribution in [0, 0.1) is 11.8 Å². The highest BCUT2D eigenvalue weighted by Crippen LogP contribution is 2.39. The maximum atomic E-state index is 13.0. The summed E-state index contributed by atoms with van der Waals surface area (Å²) in [4.78, 5) is 30.5. The molecule has 2 rings (SSSR count). The molecule has 2 amide bonds. The molecule has 1 aliphatic rings. The van der Waals surface area contributed by atoms with E-state index in [4.69, 9.17) is 4.74 Å². The first-order chi connectivity index (χ1) is 14.5. The Kier molecular flexibility index (Phi) is 8.70. The maximum Gasteiger partial charge on any atom is 0.410 e. The van der Waals surface area contributed by atoms with Gasteiger partial charge in [0.2, 0.25) is 5.91 Å². The van der Waals surface area contributed by atoms with Gasteiger partial charge in [0.1, 0.15) is 5.60 Å². The predicted octanol–water partition coefficient (Wildman–Crippen LogP) is 4.69. The first kappa shape index (κ1) is 24.9. The fourth-order valence-electron chi connectivity index (χ4n) is 3.62. The minimum atomic E-state index is -4.25. The number of hydrogen-bond acceptors (Lipinski definition) is 4. The molecule has 2 atom stereocenters. The van der Waals surface area contributed by atoms with Gasteiger partial charge in [0, 0.05) is 31.4 Å². The fraction of sp³-hybridized carbons (Fsp3) is 0.682. The summed E-state index contributed by atoms with van der Waals surface area (Å²) in [6, 6.07) is 3.63. The minimum Gasteiger partial charge on any atom is -0.444 e. The van der Waals surface area contributed by atoms with Gasteiger partial charge in [-0.2, -0.15) is 13.2 Å². The second-order valence-electron chi connectivity index (χ2n) is 9.01. The number of ether oxygens (including phenoxy) is 1. The first-order valence-corrected chi connectivity index (χ1v) is 10.7. The lowest BCUT2D eigenvalue weighted by Gasteiger charge is -2.30. The van der Waals surface area contributed by atoms with Crippen LogP contribution in [0.2, 0.25) is 0 Å². The number of alkyl halides is 3. The number of hydrogen-bond donors (Lipinski definition) is 1. The Bertz CT molecular complexity index is 720. The molecule has 1 saturated carbocycles. The molecule has 0 radical (unpaired) electrons. The molecule has 9 heteroatoms. The lowest BCUT2D eigenvalue weighted by Crippen LogP contribution is -2.40. The monoisotopic (exact) mass is 443 g/mol. The van der Waals surface area contributed by atoms with Crippen molar-refractivity contribution < 1.29 is 27.5 Å². The third kappa shape index (κ3) is 8.75. The summed E-state index contributed by atoms with van der Waals surface area (Å²) < 4.78 is 44.3. The predicted molar refractivity (Wildman–Crippen MR) is 110 cm³/mol. The molecule has 1 aromatic heterocycles. The molecule has 174 valence electrons. The van der Waals surface area contributed by atoms with Gasteiger partial charge in [0.25, 0.3) is 0 Å². The quantitative estimate of drug-likeness (QED) is 0.621. The first-order valence-electron chi connectivity index (χ1n) is 10.7. The SMILES string of the molecule is CC(C)(C)OC(=O)N(CCCNC(=O)C1CCCC(C(F)(F)F)C1)Cc1cccnc1. The van der Waals surface area contributed by atoms with Crippen molar-refractivity contribution in [2.75, 3.05) is 13.1 Å². The van der Waals surface area contributed by atoms with Gasteiger partial charge in [-0.1, -0.05) is 12.5 Å². The van der Waals surface area contributed by atoms with Crippen molar-refractivity contribution in [3.63, 3.8) is 0 Å². The molecule has 1 N–H and O–H groups in total. The molecule has 6 nitrogen and oxygen atoms in total. The van der Waals surface area contributed by atoms with Crippen LogP contribution in [0.25, 0.3) is 0 Å². The minimum absolute atomic E-state index is 0.0898. The number of aromatic nitrogens is 1. The molecule has 1 fully saturated rings. The molecule has 31 heavy (non-hydrogen) atoms. The van der Waals surface area contributed by atoms with Crippen LogP contribution >= 0.6 is 0 Å². The Morgan fingerprint density at radius 2 is 2.00 bits per heavy atom. The molecule has 1 heterocycles. The van der Waals surface area contributed by atoms with Crippen molar-refractivity contribution in [3.8, 4) is 0 Å². The Balaban J connectivity index is 1.85. The summed E-state index contributed by atoms with van der Waals surface area (Å²) in [6.45, 7) is 6.27. The second kappa shape index (κ2) is 10.8. The van der Waals surface area contributed by atoms with Crippen LogP contribution in [0.15, 0.2) is 24.5 Å². The molecular formula is C22H32F3N3O3. The van der Waals surface area contributed by atoms with E-state index in [1.807, 2.05) is 6.07 Å². The average molecular weight is 444 g/mol. The Morgan fingerprint density at radius 1 is 1.26 bits per heavy atom. The summed E-state index contributed by atoms with van der Waals surface area (Å²) >= 11 is 0. The lowest BCUT2D eigenvalue weighted by molar-refractivity contribution is -0.186. The van der Waals surface area contributed by atoms with Gasteiger partial charge in [-0.3, -0.25) is 9.78 Å². The highest BCUT2D eigenvalue weighted by molar-refractivity contribution is 5.78. The van der Waals surface area contributed by atoms with Gasteiger partial charge in [-0.25, -0.2) is 4.79 Å². The van der Waals surface area contributed by atoms with Gasteiger partial charge in [-0.15, -0.1) is 0 Å². The smallest absolute Gasteiger partial charge is 0.410 e. The number of halogens is 3. The molecule has 2 unspecified atom stereocenters. The van der Waals surface area contributed by atoms with E-state index in [0.717, 1.165) is 5.56 Å². The van der Waals surface area contributed by atoms with Crippen LogP contribution in [0.4, 0.5) is 18.0 Å². The van der Waals surface area contributed by atoms with Gasteiger partial charge < -0.3 is 15.0 Å². The van der Waals surface area contributed by atoms with E-state index in [9.17, 15) is 22.8 Å². The van der Waals surface area contributed by atoms with E-state index in [0.29, 0.717) is 32.4 Å². The van der Waals surface area contributed by atoms with Gasteiger partial charge in [0.15, 0.2) is 0 Å². The number of carbonyl (C=O) groups excluding carboxylic acids is 2. The topological polar surface area (TPSA) is 71.5 Å². The van der Waals surface area contributed by atoms with Crippen molar-refractivity contribution in [2.45, 2.75) is 71.2 Å². The van der Waals surface area contributed by atoms with Crippen LogP contribution in [-0.2, 0) is 16.1 Å². The number of pyridine rings is 1. The second-order valence-corrected chi connectivity index (χ2v) is 9.01. The summed E-state index contributed by atoms with van der Waals surface area (Å²) in [5.74, 6) is -2.36. The molecule has 0 spiro atoms. The third-order valence-corrected chi connectivity index (χ3v) is 5.16. The Labute approximate surface area is 181 Å². The number of rotatable bonds is 7.